The van der Waals surface area contributed by atoms with Crippen molar-refractivity contribution < 1.29 is 19.1 Å². The molecule has 1 unspecified atom stereocenters. The number of methoxy groups -OCH3 is 2. The Morgan fingerprint density at radius 3 is 2.26 bits per heavy atom. The second-order valence-corrected chi connectivity index (χ2v) is 5.71. The van der Waals surface area contributed by atoms with Crippen LogP contribution < -0.4 is 0 Å². The fourth-order valence-electron chi connectivity index (χ4n) is 3.19. The van der Waals surface area contributed by atoms with Gasteiger partial charge in [-0.15, -0.1) is 0 Å². The molecule has 2 rings (SSSR count). The third-order valence-electron chi connectivity index (χ3n) is 4.28. The smallest absolute Gasteiger partial charge is 0.323 e. The van der Waals surface area contributed by atoms with Crippen LogP contribution in [-0.2, 0) is 19.1 Å². The van der Waals surface area contributed by atoms with Gasteiger partial charge in [0.2, 0.25) is 0 Å². The Kier molecular flexibility index (Phi) is 5.37. The van der Waals surface area contributed by atoms with E-state index in [0.29, 0.717) is 12.8 Å². The Morgan fingerprint density at radius 2 is 1.74 bits per heavy atom. The third-order valence-corrected chi connectivity index (χ3v) is 4.28. The van der Waals surface area contributed by atoms with Gasteiger partial charge in [-0.1, -0.05) is 54.1 Å². The van der Waals surface area contributed by atoms with Gasteiger partial charge in [0.05, 0.1) is 14.2 Å². The molecular weight excluding hydrogens is 292 g/mol. The Balaban J connectivity index is 2.45. The third kappa shape index (κ3) is 3.36. The van der Waals surface area contributed by atoms with Crippen LogP contribution in [0.4, 0.5) is 0 Å². The summed E-state index contributed by atoms with van der Waals surface area (Å²) in [6.45, 7) is 1.93. The molecule has 0 bridgehead atoms. The van der Waals surface area contributed by atoms with Gasteiger partial charge < -0.3 is 9.47 Å². The molecule has 0 radical (unpaired) electrons. The molecule has 1 aromatic carbocycles. The van der Waals surface area contributed by atoms with E-state index in [0.717, 1.165) is 11.1 Å². The van der Waals surface area contributed by atoms with Crippen LogP contribution in [0.2, 0.25) is 0 Å². The first-order valence-electron chi connectivity index (χ1n) is 7.62. The summed E-state index contributed by atoms with van der Waals surface area (Å²) in [5, 5.41) is 0. The van der Waals surface area contributed by atoms with E-state index in [1.54, 1.807) is 0 Å². The zero-order valence-corrected chi connectivity index (χ0v) is 13.7. The molecule has 4 heteroatoms. The van der Waals surface area contributed by atoms with Crippen molar-refractivity contribution in [2.75, 3.05) is 14.2 Å². The van der Waals surface area contributed by atoms with Gasteiger partial charge in [-0.3, -0.25) is 9.59 Å². The number of allylic oxidation sites excluding steroid dienone is 3. The van der Waals surface area contributed by atoms with Crippen LogP contribution in [-0.4, -0.2) is 26.2 Å². The lowest BCUT2D eigenvalue weighted by Gasteiger charge is -2.22. The van der Waals surface area contributed by atoms with Crippen LogP contribution in [0.15, 0.2) is 48.1 Å². The second kappa shape index (κ2) is 7.27. The zero-order valence-electron chi connectivity index (χ0n) is 13.7. The minimum absolute atomic E-state index is 0.0124. The first-order valence-corrected chi connectivity index (χ1v) is 7.62. The van der Waals surface area contributed by atoms with Crippen LogP contribution in [0, 0.1) is 11.3 Å². The average Bonchev–Trinajstić information content (AvgIpc) is 2.94. The first kappa shape index (κ1) is 17.0. The summed E-state index contributed by atoms with van der Waals surface area (Å²) in [6.07, 6.45) is 6.68. The summed E-state index contributed by atoms with van der Waals surface area (Å²) < 4.78 is 9.79. The fraction of sp³-hybridized carbons (Fsp3) is 0.368. The second-order valence-electron chi connectivity index (χ2n) is 5.71. The van der Waals surface area contributed by atoms with Gasteiger partial charge in [-0.25, -0.2) is 0 Å². The summed E-state index contributed by atoms with van der Waals surface area (Å²) in [4.78, 5) is 24.6. The molecule has 0 aliphatic heterocycles. The molecule has 1 aromatic rings. The topological polar surface area (TPSA) is 52.6 Å². The number of ether oxygens (including phenoxy) is 2. The van der Waals surface area contributed by atoms with Crippen LogP contribution in [0.5, 0.6) is 0 Å². The molecule has 0 aromatic heterocycles. The highest BCUT2D eigenvalue weighted by Gasteiger charge is 2.54. The van der Waals surface area contributed by atoms with E-state index < -0.39 is 17.4 Å². The highest BCUT2D eigenvalue weighted by atomic mass is 16.5. The molecule has 0 N–H and O–H groups in total. The zero-order chi connectivity index (χ0) is 16.9. The lowest BCUT2D eigenvalue weighted by molar-refractivity contribution is -0.168. The molecule has 1 aliphatic carbocycles. The maximum absolute atomic E-state index is 12.3. The van der Waals surface area contributed by atoms with Gasteiger partial charge in [0.1, 0.15) is 0 Å². The van der Waals surface area contributed by atoms with Crippen LogP contribution >= 0.6 is 0 Å². The highest BCUT2D eigenvalue weighted by Crippen LogP contribution is 2.48. The summed E-state index contributed by atoms with van der Waals surface area (Å²) >= 11 is 0. The summed E-state index contributed by atoms with van der Waals surface area (Å²) in [7, 11) is 2.60. The standard InChI is InChI=1S/C19H22O4/c1-4-8-15-12-19(17(20)22-2,18(21)23-3)13-16(15)11-14-9-6-5-7-10-14/h4-11,15H,12-13H2,1-3H3/b8-4+,16-11+. The average molecular weight is 314 g/mol. The minimum Gasteiger partial charge on any atom is -0.468 e. The maximum atomic E-state index is 12.3. The number of hydrogen-bond acceptors (Lipinski definition) is 4. The van der Waals surface area contributed by atoms with E-state index in [1.807, 2.05) is 55.5 Å². The normalized spacial score (nSPS) is 21.5. The molecule has 1 aliphatic rings. The quantitative estimate of drug-likeness (QED) is 0.485. The van der Waals surface area contributed by atoms with E-state index in [-0.39, 0.29) is 5.92 Å². The fourth-order valence-corrected chi connectivity index (χ4v) is 3.19. The van der Waals surface area contributed by atoms with Gasteiger partial charge in [-0.05, 0) is 31.2 Å². The van der Waals surface area contributed by atoms with Crippen molar-refractivity contribution in [1.29, 1.82) is 0 Å². The lowest BCUT2D eigenvalue weighted by Crippen LogP contribution is -2.39. The monoisotopic (exact) mass is 314 g/mol. The highest BCUT2D eigenvalue weighted by molar-refractivity contribution is 6.01. The first-order chi connectivity index (χ1) is 11.1. The van der Waals surface area contributed by atoms with Crippen molar-refractivity contribution in [2.24, 2.45) is 11.3 Å². The van der Waals surface area contributed by atoms with Gasteiger partial charge >= 0.3 is 11.9 Å². The summed E-state index contributed by atoms with van der Waals surface area (Å²) in [5.41, 5.74) is 0.821. The van der Waals surface area contributed by atoms with Crippen molar-refractivity contribution >= 4 is 18.0 Å². The number of rotatable bonds is 4. The van der Waals surface area contributed by atoms with E-state index in [9.17, 15) is 9.59 Å². The molecule has 1 saturated carbocycles. The molecule has 23 heavy (non-hydrogen) atoms. The maximum Gasteiger partial charge on any atom is 0.323 e. The van der Waals surface area contributed by atoms with Crippen molar-refractivity contribution in [2.45, 2.75) is 19.8 Å². The molecular formula is C19H22O4. The predicted octanol–water partition coefficient (Wildman–Crippen LogP) is 3.39. The molecule has 1 fully saturated rings. The molecule has 1 atom stereocenters. The lowest BCUT2D eigenvalue weighted by atomic mass is 9.85. The van der Waals surface area contributed by atoms with Crippen LogP contribution in [0.3, 0.4) is 0 Å². The van der Waals surface area contributed by atoms with E-state index in [4.69, 9.17) is 9.47 Å². The molecule has 0 saturated heterocycles. The summed E-state index contributed by atoms with van der Waals surface area (Å²) in [5.74, 6) is -1.05. The van der Waals surface area contributed by atoms with E-state index in [1.165, 1.54) is 14.2 Å². The Bertz CT molecular complexity index is 612. The van der Waals surface area contributed by atoms with Crippen LogP contribution in [0.1, 0.15) is 25.3 Å². The predicted molar refractivity (Wildman–Crippen MR) is 88.4 cm³/mol. The van der Waals surface area contributed by atoms with Gasteiger partial charge in [-0.2, -0.15) is 0 Å². The molecule has 0 spiro atoms. The van der Waals surface area contributed by atoms with E-state index >= 15 is 0 Å². The Morgan fingerprint density at radius 1 is 1.13 bits per heavy atom. The molecule has 0 heterocycles. The summed E-state index contributed by atoms with van der Waals surface area (Å²) in [6, 6.07) is 9.86. The van der Waals surface area contributed by atoms with Gasteiger partial charge in [0.25, 0.3) is 0 Å². The van der Waals surface area contributed by atoms with Crippen molar-refractivity contribution in [3.05, 3.63) is 53.6 Å². The SMILES string of the molecule is C/C=C/C1CC(C(=O)OC)(C(=O)OC)C/C1=C\c1ccccc1. The van der Waals surface area contributed by atoms with E-state index in [2.05, 4.69) is 0 Å². The van der Waals surface area contributed by atoms with Crippen molar-refractivity contribution in [1.82, 2.24) is 0 Å². The Labute approximate surface area is 136 Å². The number of carbonyl (C=O) groups excluding carboxylic acids is 2. The minimum atomic E-state index is -1.26. The molecule has 0 amide bonds. The number of hydrogen-bond donors (Lipinski definition) is 0. The van der Waals surface area contributed by atoms with Crippen molar-refractivity contribution in [3.8, 4) is 0 Å². The Hall–Kier alpha value is -2.36. The largest absolute Gasteiger partial charge is 0.468 e. The van der Waals surface area contributed by atoms with Gasteiger partial charge in [0, 0.05) is 0 Å². The van der Waals surface area contributed by atoms with Gasteiger partial charge in [0.15, 0.2) is 5.41 Å². The number of carbonyl (C=O) groups is 2. The number of esters is 2. The number of benzene rings is 1. The van der Waals surface area contributed by atoms with Crippen LogP contribution in [0.25, 0.3) is 6.08 Å². The molecule has 4 nitrogen and oxygen atoms in total. The van der Waals surface area contributed by atoms with Crippen molar-refractivity contribution in [3.63, 3.8) is 0 Å². The molecule has 122 valence electrons.